The maximum Gasteiger partial charge on any atom is 0.410 e. The number of nitrogens with zero attached hydrogens (tertiary/aromatic N) is 1. The second-order valence-electron chi connectivity index (χ2n) is 9.10. The van der Waals surface area contributed by atoms with Gasteiger partial charge in [-0.3, -0.25) is 0 Å². The zero-order valence-electron chi connectivity index (χ0n) is 17.5. The summed E-state index contributed by atoms with van der Waals surface area (Å²) in [5.41, 5.74) is 0.341. The van der Waals surface area contributed by atoms with Crippen LogP contribution in [-0.4, -0.2) is 41.4 Å². The van der Waals surface area contributed by atoms with Gasteiger partial charge in [0.15, 0.2) is 0 Å². The van der Waals surface area contributed by atoms with E-state index in [1.807, 2.05) is 65.8 Å². The highest BCUT2D eigenvalue weighted by molar-refractivity contribution is 5.73. The molecule has 0 bridgehead atoms. The molecule has 6 nitrogen and oxygen atoms in total. The van der Waals surface area contributed by atoms with Crippen molar-refractivity contribution in [3.05, 3.63) is 35.4 Å². The highest BCUT2D eigenvalue weighted by Crippen LogP contribution is 2.34. The number of alkyl carbamates (subject to hydrolysis) is 1. The van der Waals surface area contributed by atoms with Gasteiger partial charge in [0.2, 0.25) is 0 Å². The van der Waals surface area contributed by atoms with Gasteiger partial charge in [-0.1, -0.05) is 31.2 Å². The summed E-state index contributed by atoms with van der Waals surface area (Å²) in [5.74, 6) is 0. The van der Waals surface area contributed by atoms with E-state index in [4.69, 9.17) is 9.47 Å². The van der Waals surface area contributed by atoms with E-state index in [0.717, 1.165) is 12.0 Å². The summed E-state index contributed by atoms with van der Waals surface area (Å²) in [6, 6.07) is 8.10. The maximum atomic E-state index is 12.4. The van der Waals surface area contributed by atoms with E-state index >= 15 is 0 Å². The summed E-state index contributed by atoms with van der Waals surface area (Å²) in [6.45, 7) is 13.7. The van der Waals surface area contributed by atoms with Crippen LogP contribution in [0.5, 0.6) is 0 Å². The van der Waals surface area contributed by atoms with Crippen molar-refractivity contribution in [3.63, 3.8) is 0 Å². The molecule has 27 heavy (non-hydrogen) atoms. The minimum Gasteiger partial charge on any atom is -0.444 e. The molecule has 1 aromatic carbocycles. The molecule has 0 radical (unpaired) electrons. The van der Waals surface area contributed by atoms with E-state index in [-0.39, 0.29) is 6.09 Å². The lowest BCUT2D eigenvalue weighted by atomic mass is 9.82. The van der Waals surface area contributed by atoms with Gasteiger partial charge in [0, 0.05) is 0 Å². The number of likely N-dealkylation sites (tertiary alicyclic amines) is 1. The van der Waals surface area contributed by atoms with Crippen molar-refractivity contribution in [1.82, 2.24) is 10.2 Å². The topological polar surface area (TPSA) is 67.9 Å². The second-order valence-corrected chi connectivity index (χ2v) is 9.10. The number of aryl methyl sites for hydroxylation is 1. The molecule has 1 aromatic rings. The zero-order valence-corrected chi connectivity index (χ0v) is 17.5. The Morgan fingerprint density at radius 3 is 1.96 bits per heavy atom. The number of nitrogens with one attached hydrogen (secondary N) is 1. The predicted molar refractivity (Wildman–Crippen MR) is 105 cm³/mol. The van der Waals surface area contributed by atoms with Crippen LogP contribution >= 0.6 is 0 Å². The number of hydrogen-bond acceptors (Lipinski definition) is 4. The smallest absolute Gasteiger partial charge is 0.410 e. The van der Waals surface area contributed by atoms with Crippen molar-refractivity contribution in [3.8, 4) is 0 Å². The molecule has 0 spiro atoms. The van der Waals surface area contributed by atoms with E-state index in [1.54, 1.807) is 4.90 Å². The normalized spacial score (nSPS) is 16.3. The van der Waals surface area contributed by atoms with Crippen LogP contribution in [-0.2, 0) is 21.4 Å². The molecule has 1 saturated heterocycles. The van der Waals surface area contributed by atoms with E-state index in [0.29, 0.717) is 13.1 Å². The molecule has 0 atom stereocenters. The first-order valence-corrected chi connectivity index (χ1v) is 9.42. The van der Waals surface area contributed by atoms with Crippen LogP contribution in [0.2, 0.25) is 0 Å². The van der Waals surface area contributed by atoms with Crippen LogP contribution in [0.25, 0.3) is 0 Å². The molecule has 0 aromatic heterocycles. The fraction of sp³-hybridized carbons (Fsp3) is 0.619. The molecule has 1 aliphatic heterocycles. The molecule has 1 aliphatic rings. The molecular formula is C21H32N2O4. The lowest BCUT2D eigenvalue weighted by molar-refractivity contribution is -0.0230. The zero-order chi connectivity index (χ0) is 20.5. The monoisotopic (exact) mass is 376 g/mol. The number of hydrogen-bond donors (Lipinski definition) is 1. The highest BCUT2D eigenvalue weighted by Gasteiger charge is 2.49. The molecule has 2 rings (SSSR count). The van der Waals surface area contributed by atoms with Crippen molar-refractivity contribution in [1.29, 1.82) is 0 Å². The van der Waals surface area contributed by atoms with E-state index in [1.165, 1.54) is 5.56 Å². The molecule has 150 valence electrons. The van der Waals surface area contributed by atoms with Crippen LogP contribution in [0.3, 0.4) is 0 Å². The largest absolute Gasteiger partial charge is 0.444 e. The molecule has 6 heteroatoms. The van der Waals surface area contributed by atoms with Crippen LogP contribution in [0.4, 0.5) is 9.59 Å². The van der Waals surface area contributed by atoms with Gasteiger partial charge in [0.05, 0.1) is 13.1 Å². The fourth-order valence-electron chi connectivity index (χ4n) is 2.95. The first kappa shape index (κ1) is 21.1. The minimum atomic E-state index is -0.675. The third-order valence-electron chi connectivity index (χ3n) is 4.23. The number of benzene rings is 1. The molecule has 1 fully saturated rings. The van der Waals surface area contributed by atoms with Gasteiger partial charge in [-0.25, -0.2) is 9.59 Å². The first-order chi connectivity index (χ1) is 12.3. The number of carbonyl (C=O) groups excluding carboxylic acids is 2. The predicted octanol–water partition coefficient (Wildman–Crippen LogP) is 4.22. The second kappa shape index (κ2) is 7.41. The lowest BCUT2D eigenvalue weighted by Crippen LogP contribution is -2.69. The molecule has 0 aliphatic carbocycles. The Labute approximate surface area is 162 Å². The Morgan fingerprint density at radius 2 is 1.52 bits per heavy atom. The van der Waals surface area contributed by atoms with Gasteiger partial charge in [-0.2, -0.15) is 0 Å². The number of amides is 2. The minimum absolute atomic E-state index is 0.340. The van der Waals surface area contributed by atoms with Gasteiger partial charge >= 0.3 is 12.2 Å². The van der Waals surface area contributed by atoms with Crippen molar-refractivity contribution in [2.45, 2.75) is 71.6 Å². The molecule has 0 saturated carbocycles. The summed E-state index contributed by atoms with van der Waals surface area (Å²) in [7, 11) is 0. The van der Waals surface area contributed by atoms with Crippen molar-refractivity contribution < 1.29 is 19.1 Å². The van der Waals surface area contributed by atoms with Gasteiger partial charge < -0.3 is 19.7 Å². The Hall–Kier alpha value is -2.24. The standard InChI is InChI=1S/C21H32N2O4/c1-8-15-9-11-16(12-10-15)21(22-17(24)26-19(2,3)4)13-23(14-21)18(25)27-20(5,6)7/h9-12H,8,13-14H2,1-7H3,(H,22,24). The first-order valence-electron chi connectivity index (χ1n) is 9.42. The van der Waals surface area contributed by atoms with Crippen LogP contribution in [0.15, 0.2) is 24.3 Å². The molecular weight excluding hydrogens is 344 g/mol. The van der Waals surface area contributed by atoms with Crippen LogP contribution in [0, 0.1) is 0 Å². The van der Waals surface area contributed by atoms with Gasteiger partial charge in [0.25, 0.3) is 0 Å². The van der Waals surface area contributed by atoms with Gasteiger partial charge in [0.1, 0.15) is 16.7 Å². The maximum absolute atomic E-state index is 12.4. The third-order valence-corrected chi connectivity index (χ3v) is 4.23. The average Bonchev–Trinajstić information content (AvgIpc) is 2.47. The average molecular weight is 376 g/mol. The van der Waals surface area contributed by atoms with Crippen molar-refractivity contribution >= 4 is 12.2 Å². The quantitative estimate of drug-likeness (QED) is 0.858. The Bertz CT molecular complexity index is 678. The van der Waals surface area contributed by atoms with Crippen molar-refractivity contribution in [2.24, 2.45) is 0 Å². The summed E-state index contributed by atoms with van der Waals surface area (Å²) < 4.78 is 10.9. The van der Waals surface area contributed by atoms with Gasteiger partial charge in [-0.05, 0) is 59.1 Å². The molecule has 0 unspecified atom stereocenters. The number of carbonyl (C=O) groups is 2. The number of ether oxygens (including phenoxy) is 2. The van der Waals surface area contributed by atoms with Crippen molar-refractivity contribution in [2.75, 3.05) is 13.1 Å². The SMILES string of the molecule is CCc1ccc(C2(NC(=O)OC(C)(C)C)CN(C(=O)OC(C)(C)C)C2)cc1. The third kappa shape index (κ3) is 5.62. The summed E-state index contributed by atoms with van der Waals surface area (Å²) in [6.07, 6.45) is 0.0665. The highest BCUT2D eigenvalue weighted by atomic mass is 16.6. The summed E-state index contributed by atoms with van der Waals surface area (Å²) in [5, 5.41) is 2.98. The fourth-order valence-corrected chi connectivity index (χ4v) is 2.95. The van der Waals surface area contributed by atoms with E-state index < -0.39 is 22.8 Å². The summed E-state index contributed by atoms with van der Waals surface area (Å²) in [4.78, 5) is 26.3. The molecule has 2 amide bonds. The van der Waals surface area contributed by atoms with E-state index in [9.17, 15) is 9.59 Å². The van der Waals surface area contributed by atoms with E-state index in [2.05, 4.69) is 12.2 Å². The molecule has 1 N–H and O–H groups in total. The summed E-state index contributed by atoms with van der Waals surface area (Å²) >= 11 is 0. The molecule has 1 heterocycles. The van der Waals surface area contributed by atoms with Crippen LogP contribution in [0.1, 0.15) is 59.6 Å². The number of rotatable bonds is 3. The Kier molecular flexibility index (Phi) is 5.78. The Morgan fingerprint density at radius 1 is 1.00 bits per heavy atom. The Balaban J connectivity index is 2.18. The lowest BCUT2D eigenvalue weighted by Gasteiger charge is -2.50. The van der Waals surface area contributed by atoms with Crippen LogP contribution < -0.4 is 5.32 Å². The van der Waals surface area contributed by atoms with Gasteiger partial charge in [-0.15, -0.1) is 0 Å².